The van der Waals surface area contributed by atoms with Gasteiger partial charge in [0.05, 0.1) is 0 Å². The molecule has 0 saturated carbocycles. The summed E-state index contributed by atoms with van der Waals surface area (Å²) in [6, 6.07) is 1.30. The molecule has 0 spiro atoms. The van der Waals surface area contributed by atoms with Gasteiger partial charge in [0.1, 0.15) is 17.2 Å². The van der Waals surface area contributed by atoms with E-state index in [2.05, 4.69) is 0 Å². The number of benzene rings is 1. The van der Waals surface area contributed by atoms with E-state index in [1.807, 2.05) is 27.7 Å². The molecule has 1 aromatic carbocycles. The minimum absolute atomic E-state index is 0.0116. The maximum atomic E-state index is 9.97. The van der Waals surface area contributed by atoms with Crippen molar-refractivity contribution in [1.29, 1.82) is 0 Å². The Balaban J connectivity index is 3.49. The fourth-order valence-electron chi connectivity index (χ4n) is 1.81. The third-order valence-electron chi connectivity index (χ3n) is 2.49. The first-order valence-electron chi connectivity index (χ1n) is 5.13. The van der Waals surface area contributed by atoms with E-state index in [4.69, 9.17) is 0 Å². The number of phenols is 3. The van der Waals surface area contributed by atoms with Crippen LogP contribution in [0.3, 0.4) is 0 Å². The number of hydrogen-bond acceptors (Lipinski definition) is 3. The molecule has 0 unspecified atom stereocenters. The molecule has 0 bridgehead atoms. The van der Waals surface area contributed by atoms with E-state index >= 15 is 0 Å². The van der Waals surface area contributed by atoms with Crippen LogP contribution in [0.4, 0.5) is 0 Å². The maximum absolute atomic E-state index is 9.97. The first-order valence-corrected chi connectivity index (χ1v) is 5.13. The van der Waals surface area contributed by atoms with Crippen LogP contribution in [0, 0.1) is 0 Å². The summed E-state index contributed by atoms with van der Waals surface area (Å²) in [5, 5.41) is 29.2. The summed E-state index contributed by atoms with van der Waals surface area (Å²) in [5.74, 6) is -0.0579. The summed E-state index contributed by atoms with van der Waals surface area (Å²) in [7, 11) is 0. The molecule has 0 aliphatic rings. The molecule has 0 amide bonds. The van der Waals surface area contributed by atoms with Crippen molar-refractivity contribution >= 4 is 0 Å². The highest BCUT2D eigenvalue weighted by molar-refractivity contribution is 5.57. The fraction of sp³-hybridized carbons (Fsp3) is 0.500. The lowest BCUT2D eigenvalue weighted by atomic mass is 9.92. The third-order valence-corrected chi connectivity index (χ3v) is 2.49. The van der Waals surface area contributed by atoms with Crippen molar-refractivity contribution in [3.63, 3.8) is 0 Å². The van der Waals surface area contributed by atoms with E-state index in [0.717, 1.165) is 0 Å². The Kier molecular flexibility index (Phi) is 3.12. The summed E-state index contributed by atoms with van der Waals surface area (Å²) in [6.45, 7) is 7.54. The Hall–Kier alpha value is -1.38. The number of aromatic hydroxyl groups is 3. The largest absolute Gasteiger partial charge is 0.507 e. The van der Waals surface area contributed by atoms with Gasteiger partial charge in [-0.25, -0.2) is 0 Å². The van der Waals surface area contributed by atoms with E-state index in [0.29, 0.717) is 11.1 Å². The topological polar surface area (TPSA) is 60.7 Å². The summed E-state index contributed by atoms with van der Waals surface area (Å²) in [5.41, 5.74) is 0.994. The van der Waals surface area contributed by atoms with Crippen LogP contribution in [-0.2, 0) is 0 Å². The summed E-state index contributed by atoms with van der Waals surface area (Å²) >= 11 is 0. The van der Waals surface area contributed by atoms with Gasteiger partial charge >= 0.3 is 0 Å². The molecule has 3 nitrogen and oxygen atoms in total. The van der Waals surface area contributed by atoms with Crippen molar-refractivity contribution in [3.8, 4) is 17.2 Å². The molecule has 0 fully saturated rings. The van der Waals surface area contributed by atoms with Crippen LogP contribution >= 0.6 is 0 Å². The van der Waals surface area contributed by atoms with Crippen molar-refractivity contribution < 1.29 is 15.3 Å². The van der Waals surface area contributed by atoms with E-state index in [9.17, 15) is 15.3 Å². The lowest BCUT2D eigenvalue weighted by Crippen LogP contribution is -1.96. The third kappa shape index (κ3) is 2.01. The predicted molar refractivity (Wildman–Crippen MR) is 59.6 cm³/mol. The highest BCUT2D eigenvalue weighted by Gasteiger charge is 2.20. The molecule has 0 aliphatic carbocycles. The molecule has 1 aromatic rings. The van der Waals surface area contributed by atoms with Crippen LogP contribution in [0.2, 0.25) is 0 Å². The van der Waals surface area contributed by atoms with Crippen molar-refractivity contribution in [1.82, 2.24) is 0 Å². The van der Waals surface area contributed by atoms with Gasteiger partial charge in [0, 0.05) is 17.2 Å². The second-order valence-corrected chi connectivity index (χ2v) is 4.40. The summed E-state index contributed by atoms with van der Waals surface area (Å²) in [6.07, 6.45) is 0. The molecular weight excluding hydrogens is 192 g/mol. The highest BCUT2D eigenvalue weighted by Crippen LogP contribution is 2.44. The van der Waals surface area contributed by atoms with Crippen LogP contribution < -0.4 is 0 Å². The smallest absolute Gasteiger partial charge is 0.129 e. The van der Waals surface area contributed by atoms with Crippen molar-refractivity contribution in [3.05, 3.63) is 17.2 Å². The Bertz CT molecular complexity index is 335. The van der Waals surface area contributed by atoms with Gasteiger partial charge in [0.15, 0.2) is 0 Å². The Morgan fingerprint density at radius 1 is 0.800 bits per heavy atom. The van der Waals surface area contributed by atoms with E-state index < -0.39 is 0 Å². The second-order valence-electron chi connectivity index (χ2n) is 4.40. The molecule has 3 heteroatoms. The first kappa shape index (κ1) is 11.7. The number of rotatable bonds is 2. The van der Waals surface area contributed by atoms with Crippen LogP contribution in [0.5, 0.6) is 17.2 Å². The van der Waals surface area contributed by atoms with Gasteiger partial charge in [-0.05, 0) is 11.8 Å². The molecule has 0 heterocycles. The lowest BCUT2D eigenvalue weighted by molar-refractivity contribution is 0.404. The zero-order chi connectivity index (χ0) is 11.7. The molecule has 84 valence electrons. The average Bonchev–Trinajstić information content (AvgIpc) is 1.99. The second kappa shape index (κ2) is 4.01. The molecule has 0 saturated heterocycles. The summed E-state index contributed by atoms with van der Waals surface area (Å²) in [4.78, 5) is 0. The van der Waals surface area contributed by atoms with E-state index in [-0.39, 0.29) is 29.1 Å². The van der Waals surface area contributed by atoms with Gasteiger partial charge in [0.2, 0.25) is 0 Å². The molecule has 0 aliphatic heterocycles. The Morgan fingerprint density at radius 3 is 1.40 bits per heavy atom. The highest BCUT2D eigenvalue weighted by atomic mass is 16.3. The predicted octanol–water partition coefficient (Wildman–Crippen LogP) is 3.05. The molecular formula is C12H18O3. The maximum Gasteiger partial charge on any atom is 0.129 e. The standard InChI is InChI=1S/C12H18O3/c1-6(2)10-8(13)5-9(14)11(7(3)4)12(10)15/h5-7,13-15H,1-4H3. The molecule has 3 N–H and O–H groups in total. The zero-order valence-electron chi connectivity index (χ0n) is 9.57. The van der Waals surface area contributed by atoms with Crippen LogP contribution in [0.1, 0.15) is 50.7 Å². The van der Waals surface area contributed by atoms with Gasteiger partial charge in [-0.15, -0.1) is 0 Å². The molecule has 15 heavy (non-hydrogen) atoms. The molecule has 0 radical (unpaired) electrons. The minimum Gasteiger partial charge on any atom is -0.507 e. The van der Waals surface area contributed by atoms with E-state index in [1.54, 1.807) is 0 Å². The lowest BCUT2D eigenvalue weighted by Gasteiger charge is -2.17. The van der Waals surface area contributed by atoms with Gasteiger partial charge in [-0.2, -0.15) is 0 Å². The quantitative estimate of drug-likeness (QED) is 0.703. The first-order chi connectivity index (χ1) is 6.86. The number of hydrogen-bond donors (Lipinski definition) is 3. The van der Waals surface area contributed by atoms with Crippen molar-refractivity contribution in [2.45, 2.75) is 39.5 Å². The monoisotopic (exact) mass is 210 g/mol. The van der Waals surface area contributed by atoms with Crippen molar-refractivity contribution in [2.75, 3.05) is 0 Å². The van der Waals surface area contributed by atoms with E-state index in [1.165, 1.54) is 6.07 Å². The molecule has 0 aromatic heterocycles. The van der Waals surface area contributed by atoms with Crippen LogP contribution in [0.15, 0.2) is 6.07 Å². The van der Waals surface area contributed by atoms with Crippen LogP contribution in [0.25, 0.3) is 0 Å². The van der Waals surface area contributed by atoms with Gasteiger partial charge < -0.3 is 15.3 Å². The fourth-order valence-corrected chi connectivity index (χ4v) is 1.81. The Labute approximate surface area is 90.0 Å². The molecule has 1 rings (SSSR count). The SMILES string of the molecule is CC(C)c1c(O)cc(O)c(C(C)C)c1O. The Morgan fingerprint density at radius 2 is 1.13 bits per heavy atom. The molecule has 0 atom stereocenters. The van der Waals surface area contributed by atoms with Crippen LogP contribution in [-0.4, -0.2) is 15.3 Å². The summed E-state index contributed by atoms with van der Waals surface area (Å²) < 4.78 is 0. The zero-order valence-corrected chi connectivity index (χ0v) is 9.57. The number of phenolic OH excluding ortho intramolecular Hbond substituents is 3. The minimum atomic E-state index is -0.0515. The van der Waals surface area contributed by atoms with Gasteiger partial charge in [-0.3, -0.25) is 0 Å². The average molecular weight is 210 g/mol. The van der Waals surface area contributed by atoms with Crippen molar-refractivity contribution in [2.24, 2.45) is 0 Å². The van der Waals surface area contributed by atoms with Gasteiger partial charge in [0.25, 0.3) is 0 Å². The van der Waals surface area contributed by atoms with Gasteiger partial charge in [-0.1, -0.05) is 27.7 Å². The normalized spacial score (nSPS) is 11.3.